The molecule has 0 aromatic rings. The molecule has 1 saturated carbocycles. The van der Waals surface area contributed by atoms with E-state index in [0.29, 0.717) is 12.3 Å². The Balaban J connectivity index is 2.71. The standard InChI is InChI=1S/C16H30O2/c1-7-8-13(17)11-18-14-15(3,4)10-9-12(2)16(14,5)6/h12,14H,7-11H2,1-6H3. The summed E-state index contributed by atoms with van der Waals surface area (Å²) in [7, 11) is 0. The minimum atomic E-state index is 0.147. The van der Waals surface area contributed by atoms with Crippen LogP contribution in [0.1, 0.15) is 67.2 Å². The van der Waals surface area contributed by atoms with Gasteiger partial charge in [0.2, 0.25) is 0 Å². The number of carbonyl (C=O) groups is 1. The lowest BCUT2D eigenvalue weighted by Gasteiger charge is -2.52. The molecule has 0 aromatic carbocycles. The Hall–Kier alpha value is -0.370. The lowest BCUT2D eigenvalue weighted by Crippen LogP contribution is -2.51. The number of hydrogen-bond acceptors (Lipinski definition) is 2. The number of carbonyl (C=O) groups excluding carboxylic acids is 1. The van der Waals surface area contributed by atoms with Gasteiger partial charge in [-0.1, -0.05) is 41.5 Å². The fourth-order valence-electron chi connectivity index (χ4n) is 3.32. The number of rotatable bonds is 5. The van der Waals surface area contributed by atoms with Crippen LogP contribution in [0.25, 0.3) is 0 Å². The van der Waals surface area contributed by atoms with E-state index < -0.39 is 0 Å². The van der Waals surface area contributed by atoms with E-state index in [0.717, 1.165) is 6.42 Å². The summed E-state index contributed by atoms with van der Waals surface area (Å²) in [5.74, 6) is 0.888. The van der Waals surface area contributed by atoms with E-state index in [9.17, 15) is 4.79 Å². The van der Waals surface area contributed by atoms with Crippen molar-refractivity contribution in [2.24, 2.45) is 16.7 Å². The van der Waals surface area contributed by atoms with Crippen LogP contribution in [0.2, 0.25) is 0 Å². The first-order valence-electron chi connectivity index (χ1n) is 7.35. The molecular formula is C16H30O2. The molecular weight excluding hydrogens is 224 g/mol. The normalized spacial score (nSPS) is 30.1. The third-order valence-corrected chi connectivity index (χ3v) is 4.82. The van der Waals surface area contributed by atoms with Gasteiger partial charge in [0.15, 0.2) is 5.78 Å². The van der Waals surface area contributed by atoms with Crippen molar-refractivity contribution in [3.63, 3.8) is 0 Å². The lowest BCUT2D eigenvalue weighted by molar-refractivity contribution is -0.154. The zero-order chi connectivity index (χ0) is 14.0. The molecule has 0 radical (unpaired) electrons. The second-order valence-corrected chi connectivity index (χ2v) is 7.23. The molecule has 0 amide bonds. The van der Waals surface area contributed by atoms with Crippen LogP contribution in [-0.2, 0) is 9.53 Å². The van der Waals surface area contributed by atoms with Crippen molar-refractivity contribution in [1.29, 1.82) is 0 Å². The number of Topliss-reactive ketones (excluding diaryl/α,β-unsaturated/α-hetero) is 1. The molecule has 106 valence electrons. The van der Waals surface area contributed by atoms with Crippen LogP contribution in [0, 0.1) is 16.7 Å². The van der Waals surface area contributed by atoms with Gasteiger partial charge in [-0.2, -0.15) is 0 Å². The largest absolute Gasteiger partial charge is 0.369 e. The van der Waals surface area contributed by atoms with Crippen molar-refractivity contribution in [1.82, 2.24) is 0 Å². The van der Waals surface area contributed by atoms with Crippen molar-refractivity contribution in [2.75, 3.05) is 6.61 Å². The maximum absolute atomic E-state index is 11.7. The minimum absolute atomic E-state index is 0.147. The molecule has 1 aliphatic rings. The van der Waals surface area contributed by atoms with Crippen LogP contribution >= 0.6 is 0 Å². The van der Waals surface area contributed by atoms with Crippen molar-refractivity contribution < 1.29 is 9.53 Å². The predicted molar refractivity (Wildman–Crippen MR) is 75.6 cm³/mol. The summed E-state index contributed by atoms with van der Waals surface area (Å²) >= 11 is 0. The third kappa shape index (κ3) is 3.34. The minimum Gasteiger partial charge on any atom is -0.369 e. The summed E-state index contributed by atoms with van der Waals surface area (Å²) in [6.07, 6.45) is 4.17. The van der Waals surface area contributed by atoms with E-state index in [2.05, 4.69) is 34.6 Å². The molecule has 1 fully saturated rings. The zero-order valence-electron chi connectivity index (χ0n) is 13.0. The van der Waals surface area contributed by atoms with Gasteiger partial charge in [-0.15, -0.1) is 0 Å². The van der Waals surface area contributed by atoms with E-state index in [4.69, 9.17) is 4.74 Å². The molecule has 2 heteroatoms. The Kier molecular flexibility index (Phi) is 4.99. The summed E-state index contributed by atoms with van der Waals surface area (Å²) in [6.45, 7) is 13.7. The summed E-state index contributed by atoms with van der Waals surface area (Å²) in [5.41, 5.74) is 0.316. The van der Waals surface area contributed by atoms with Gasteiger partial charge < -0.3 is 4.74 Å². The highest BCUT2D eigenvalue weighted by Crippen LogP contribution is 2.50. The van der Waals surface area contributed by atoms with E-state index in [1.165, 1.54) is 12.8 Å². The molecule has 1 rings (SSSR count). The average molecular weight is 254 g/mol. The molecule has 0 saturated heterocycles. The molecule has 1 aliphatic carbocycles. The fraction of sp³-hybridized carbons (Fsp3) is 0.938. The highest BCUT2D eigenvalue weighted by Gasteiger charge is 2.48. The molecule has 0 aliphatic heterocycles. The van der Waals surface area contributed by atoms with Crippen molar-refractivity contribution in [3.05, 3.63) is 0 Å². The number of hydrogen-bond donors (Lipinski definition) is 0. The van der Waals surface area contributed by atoms with Gasteiger partial charge in [0, 0.05) is 6.42 Å². The second kappa shape index (κ2) is 5.73. The van der Waals surface area contributed by atoms with Gasteiger partial charge in [-0.05, 0) is 36.0 Å². The Morgan fingerprint density at radius 2 is 1.89 bits per heavy atom. The maximum Gasteiger partial charge on any atom is 0.158 e. The van der Waals surface area contributed by atoms with Crippen molar-refractivity contribution in [3.8, 4) is 0 Å². The molecule has 2 nitrogen and oxygen atoms in total. The van der Waals surface area contributed by atoms with Gasteiger partial charge >= 0.3 is 0 Å². The number of ketones is 1. The van der Waals surface area contributed by atoms with Gasteiger partial charge in [-0.25, -0.2) is 0 Å². The van der Waals surface area contributed by atoms with Gasteiger partial charge in [0.1, 0.15) is 6.61 Å². The SMILES string of the molecule is CCCC(=O)COC1C(C)(C)CCC(C)C1(C)C. The smallest absolute Gasteiger partial charge is 0.158 e. The van der Waals surface area contributed by atoms with Gasteiger partial charge in [-0.3, -0.25) is 4.79 Å². The summed E-state index contributed by atoms with van der Waals surface area (Å²) in [5, 5.41) is 0. The van der Waals surface area contributed by atoms with Gasteiger partial charge in [0.05, 0.1) is 6.10 Å². The van der Waals surface area contributed by atoms with E-state index >= 15 is 0 Å². The van der Waals surface area contributed by atoms with E-state index in [1.807, 2.05) is 6.92 Å². The highest BCUT2D eigenvalue weighted by molar-refractivity contribution is 5.79. The van der Waals surface area contributed by atoms with Crippen LogP contribution in [0.3, 0.4) is 0 Å². The average Bonchev–Trinajstić information content (AvgIpc) is 2.24. The Morgan fingerprint density at radius 1 is 1.28 bits per heavy atom. The van der Waals surface area contributed by atoms with Crippen LogP contribution in [0.5, 0.6) is 0 Å². The second-order valence-electron chi connectivity index (χ2n) is 7.23. The molecule has 0 spiro atoms. The summed E-state index contributed by atoms with van der Waals surface area (Å²) in [6, 6.07) is 0. The quantitative estimate of drug-likeness (QED) is 0.734. The maximum atomic E-state index is 11.7. The summed E-state index contributed by atoms with van der Waals surface area (Å²) in [4.78, 5) is 11.7. The monoisotopic (exact) mass is 254 g/mol. The van der Waals surface area contributed by atoms with Crippen LogP contribution in [0.15, 0.2) is 0 Å². The molecule has 0 aromatic heterocycles. The lowest BCUT2D eigenvalue weighted by atomic mass is 9.58. The van der Waals surface area contributed by atoms with Crippen LogP contribution < -0.4 is 0 Å². The topological polar surface area (TPSA) is 26.3 Å². The first-order chi connectivity index (χ1) is 8.21. The Labute approximate surface area is 112 Å². The highest BCUT2D eigenvalue weighted by atomic mass is 16.5. The van der Waals surface area contributed by atoms with Crippen LogP contribution in [-0.4, -0.2) is 18.5 Å². The Morgan fingerprint density at radius 3 is 2.44 bits per heavy atom. The first-order valence-corrected chi connectivity index (χ1v) is 7.35. The van der Waals surface area contributed by atoms with E-state index in [-0.39, 0.29) is 29.3 Å². The van der Waals surface area contributed by atoms with Crippen LogP contribution in [0.4, 0.5) is 0 Å². The fourth-order valence-corrected chi connectivity index (χ4v) is 3.32. The Bertz CT molecular complexity index is 291. The van der Waals surface area contributed by atoms with E-state index in [1.54, 1.807) is 0 Å². The molecule has 18 heavy (non-hydrogen) atoms. The molecule has 2 atom stereocenters. The summed E-state index contributed by atoms with van der Waals surface area (Å²) < 4.78 is 6.05. The predicted octanol–water partition coefficient (Wildman–Crippen LogP) is 4.22. The van der Waals surface area contributed by atoms with Crippen molar-refractivity contribution >= 4 is 5.78 Å². The van der Waals surface area contributed by atoms with Gasteiger partial charge in [0.25, 0.3) is 0 Å². The first kappa shape index (κ1) is 15.7. The number of ether oxygens (including phenoxy) is 1. The third-order valence-electron chi connectivity index (χ3n) is 4.82. The molecule has 0 N–H and O–H groups in total. The van der Waals surface area contributed by atoms with Crippen molar-refractivity contribution in [2.45, 2.75) is 73.3 Å². The molecule has 0 heterocycles. The zero-order valence-corrected chi connectivity index (χ0v) is 13.0. The molecule has 0 bridgehead atoms. The molecule has 2 unspecified atom stereocenters.